The predicted octanol–water partition coefficient (Wildman–Crippen LogP) is 2.01. The van der Waals surface area contributed by atoms with Crippen LogP contribution in [0.5, 0.6) is 0 Å². The van der Waals surface area contributed by atoms with Gasteiger partial charge in [0.2, 0.25) is 5.91 Å². The third kappa shape index (κ3) is 5.31. The molecule has 5 nitrogen and oxygen atoms in total. The molecule has 134 valence electrons. The minimum absolute atomic E-state index is 0.0437. The van der Waals surface area contributed by atoms with Gasteiger partial charge in [-0.15, -0.1) is 0 Å². The van der Waals surface area contributed by atoms with Crippen LogP contribution in [0.1, 0.15) is 31.2 Å². The molecular weight excluding hydrogens is 324 g/mol. The van der Waals surface area contributed by atoms with Crippen LogP contribution >= 0.6 is 0 Å². The molecule has 2 rings (SSSR count). The first kappa shape index (κ1) is 18.9. The van der Waals surface area contributed by atoms with Gasteiger partial charge in [-0.1, -0.05) is 17.7 Å². The number of nitrogens with one attached hydrogen (secondary N) is 1. The molecule has 1 fully saturated rings. The van der Waals surface area contributed by atoms with Gasteiger partial charge in [0.15, 0.2) is 9.84 Å². The molecule has 1 aliphatic rings. The van der Waals surface area contributed by atoms with Crippen molar-refractivity contribution in [3.63, 3.8) is 0 Å². The number of aryl methyl sites for hydroxylation is 1. The average molecular weight is 353 g/mol. The van der Waals surface area contributed by atoms with Crippen molar-refractivity contribution in [3.05, 3.63) is 29.8 Å². The third-order valence-corrected chi connectivity index (χ3v) is 6.47. The Morgan fingerprint density at radius 3 is 2.42 bits per heavy atom. The Morgan fingerprint density at radius 1 is 1.21 bits per heavy atom. The van der Waals surface area contributed by atoms with Crippen molar-refractivity contribution >= 4 is 15.7 Å². The van der Waals surface area contributed by atoms with Crippen molar-refractivity contribution in [1.82, 2.24) is 10.2 Å². The molecule has 1 heterocycles. The monoisotopic (exact) mass is 352 g/mol. The third-order valence-electron chi connectivity index (χ3n) is 4.73. The molecule has 0 unspecified atom stereocenters. The summed E-state index contributed by atoms with van der Waals surface area (Å²) in [6.45, 7) is 4.42. The predicted molar refractivity (Wildman–Crippen MR) is 95.7 cm³/mol. The van der Waals surface area contributed by atoms with Gasteiger partial charge in [0.25, 0.3) is 0 Å². The minimum atomic E-state index is -3.39. The lowest BCUT2D eigenvalue weighted by atomic mass is 9.93. The van der Waals surface area contributed by atoms with Crippen LogP contribution in [-0.2, 0) is 14.6 Å². The molecule has 0 spiro atoms. The number of rotatable bonds is 7. The van der Waals surface area contributed by atoms with E-state index in [1.165, 1.54) is 0 Å². The topological polar surface area (TPSA) is 66.5 Å². The lowest BCUT2D eigenvalue weighted by Gasteiger charge is -2.32. The Kier molecular flexibility index (Phi) is 6.80. The number of hydrogen-bond donors (Lipinski definition) is 1. The van der Waals surface area contributed by atoms with E-state index in [4.69, 9.17) is 0 Å². The quantitative estimate of drug-likeness (QED) is 0.815. The molecular formula is C18H28N2O3S. The summed E-state index contributed by atoms with van der Waals surface area (Å²) in [5.74, 6) is 0.504. The highest BCUT2D eigenvalue weighted by atomic mass is 32.2. The summed E-state index contributed by atoms with van der Waals surface area (Å²) in [7, 11) is -1.44. The maximum atomic E-state index is 12.3. The Hall–Kier alpha value is -1.40. The summed E-state index contributed by atoms with van der Waals surface area (Å²) >= 11 is 0. The fraction of sp³-hybridized carbons (Fsp3) is 0.611. The highest BCUT2D eigenvalue weighted by molar-refractivity contribution is 7.91. The van der Waals surface area contributed by atoms with Crippen molar-refractivity contribution in [2.45, 2.75) is 37.5 Å². The van der Waals surface area contributed by atoms with Crippen LogP contribution in [0.2, 0.25) is 0 Å². The second-order valence-corrected chi connectivity index (χ2v) is 8.71. The molecule has 1 amide bonds. The highest BCUT2D eigenvalue weighted by Crippen LogP contribution is 2.21. The number of likely N-dealkylation sites (tertiary alicyclic amines) is 1. The zero-order chi connectivity index (χ0) is 17.6. The number of piperidine rings is 1. The van der Waals surface area contributed by atoms with E-state index >= 15 is 0 Å². The summed E-state index contributed by atoms with van der Waals surface area (Å²) in [5.41, 5.74) is 1.02. The Morgan fingerprint density at radius 2 is 1.83 bits per heavy atom. The summed E-state index contributed by atoms with van der Waals surface area (Å²) in [5, 5.41) is 3.16. The molecule has 1 saturated heterocycles. The molecule has 0 radical (unpaired) electrons. The fourth-order valence-corrected chi connectivity index (χ4v) is 4.29. The first-order valence-corrected chi connectivity index (χ1v) is 10.3. The molecule has 6 heteroatoms. The number of carbonyl (C=O) groups excluding carboxylic acids is 1. The Labute approximate surface area is 145 Å². The van der Waals surface area contributed by atoms with Gasteiger partial charge < -0.3 is 10.2 Å². The maximum absolute atomic E-state index is 12.3. The smallest absolute Gasteiger partial charge is 0.223 e. The van der Waals surface area contributed by atoms with Gasteiger partial charge in [0.1, 0.15) is 0 Å². The van der Waals surface area contributed by atoms with E-state index in [2.05, 4.69) is 5.32 Å². The van der Waals surface area contributed by atoms with Gasteiger partial charge in [-0.25, -0.2) is 8.42 Å². The molecule has 0 aromatic heterocycles. The van der Waals surface area contributed by atoms with Crippen molar-refractivity contribution in [1.29, 1.82) is 0 Å². The molecule has 0 bridgehead atoms. The van der Waals surface area contributed by atoms with E-state index in [1.54, 1.807) is 24.3 Å². The van der Waals surface area contributed by atoms with Crippen LogP contribution in [0.15, 0.2) is 29.2 Å². The number of sulfone groups is 1. The number of benzene rings is 1. The summed E-state index contributed by atoms with van der Waals surface area (Å²) in [6, 6.07) is 6.79. The Balaban J connectivity index is 1.82. The number of nitrogens with zero attached hydrogens (tertiary/aromatic N) is 1. The van der Waals surface area contributed by atoms with E-state index in [-0.39, 0.29) is 18.1 Å². The van der Waals surface area contributed by atoms with Crippen LogP contribution in [0.3, 0.4) is 0 Å². The van der Waals surface area contributed by atoms with Crippen LogP contribution in [-0.4, -0.2) is 51.7 Å². The summed E-state index contributed by atoms with van der Waals surface area (Å²) in [4.78, 5) is 14.4. The van der Waals surface area contributed by atoms with Crippen LogP contribution in [0.25, 0.3) is 0 Å². The molecule has 0 atom stereocenters. The van der Waals surface area contributed by atoms with Crippen molar-refractivity contribution < 1.29 is 13.2 Å². The van der Waals surface area contributed by atoms with Crippen LogP contribution in [0, 0.1) is 12.8 Å². The van der Waals surface area contributed by atoms with Crippen LogP contribution in [0.4, 0.5) is 0 Å². The standard InChI is InChI=1S/C18H28N2O3S/c1-15-3-5-17(6-4-15)24(22,23)14-10-18(21)20-12-8-16(9-13-20)7-11-19-2/h3-6,16,19H,7-14H2,1-2H3. The zero-order valence-corrected chi connectivity index (χ0v) is 15.4. The first-order chi connectivity index (χ1) is 11.4. The number of carbonyl (C=O) groups is 1. The average Bonchev–Trinajstić information content (AvgIpc) is 2.59. The van der Waals surface area contributed by atoms with E-state index in [0.29, 0.717) is 10.8 Å². The van der Waals surface area contributed by atoms with Gasteiger partial charge in [0, 0.05) is 19.5 Å². The Bertz CT molecular complexity index is 633. The van der Waals surface area contributed by atoms with E-state index < -0.39 is 9.84 Å². The number of amides is 1. The normalized spacial score (nSPS) is 16.3. The molecule has 1 N–H and O–H groups in total. The van der Waals surface area contributed by atoms with Crippen molar-refractivity contribution in [3.8, 4) is 0 Å². The lowest BCUT2D eigenvalue weighted by molar-refractivity contribution is -0.132. The summed E-state index contributed by atoms with van der Waals surface area (Å²) < 4.78 is 24.6. The second-order valence-electron chi connectivity index (χ2n) is 6.60. The van der Waals surface area contributed by atoms with Crippen molar-refractivity contribution in [2.75, 3.05) is 32.4 Å². The van der Waals surface area contributed by atoms with E-state index in [1.807, 2.05) is 18.9 Å². The van der Waals surface area contributed by atoms with Crippen LogP contribution < -0.4 is 5.32 Å². The van der Waals surface area contributed by atoms with E-state index in [9.17, 15) is 13.2 Å². The van der Waals surface area contributed by atoms with Crippen molar-refractivity contribution in [2.24, 2.45) is 5.92 Å². The minimum Gasteiger partial charge on any atom is -0.343 e. The van der Waals surface area contributed by atoms with Gasteiger partial charge in [-0.3, -0.25) is 4.79 Å². The molecule has 0 aliphatic carbocycles. The summed E-state index contributed by atoms with van der Waals surface area (Å²) in [6.07, 6.45) is 3.23. The molecule has 0 saturated carbocycles. The largest absolute Gasteiger partial charge is 0.343 e. The van der Waals surface area contributed by atoms with Gasteiger partial charge >= 0.3 is 0 Å². The van der Waals surface area contributed by atoms with Gasteiger partial charge in [-0.2, -0.15) is 0 Å². The number of hydrogen-bond acceptors (Lipinski definition) is 4. The molecule has 1 aromatic carbocycles. The fourth-order valence-electron chi connectivity index (χ4n) is 3.06. The SMILES string of the molecule is CNCCC1CCN(C(=O)CCS(=O)(=O)c2ccc(C)cc2)CC1. The maximum Gasteiger partial charge on any atom is 0.223 e. The zero-order valence-electron chi connectivity index (χ0n) is 14.6. The molecule has 1 aliphatic heterocycles. The van der Waals surface area contributed by atoms with Gasteiger partial charge in [-0.05, 0) is 57.8 Å². The lowest BCUT2D eigenvalue weighted by Crippen LogP contribution is -2.39. The highest BCUT2D eigenvalue weighted by Gasteiger charge is 2.24. The molecule has 24 heavy (non-hydrogen) atoms. The van der Waals surface area contributed by atoms with E-state index in [0.717, 1.165) is 44.5 Å². The molecule has 1 aromatic rings. The van der Waals surface area contributed by atoms with Gasteiger partial charge in [0.05, 0.1) is 10.6 Å². The first-order valence-electron chi connectivity index (χ1n) is 8.64. The second kappa shape index (κ2) is 8.62.